The Labute approximate surface area is 161 Å². The molecule has 26 heavy (non-hydrogen) atoms. The Morgan fingerprint density at radius 2 is 2.31 bits per heavy atom. The minimum Gasteiger partial charge on any atom is -0.370 e. The van der Waals surface area contributed by atoms with Crippen LogP contribution in [0.25, 0.3) is 5.65 Å². The molecular formula is C18H25BrN6O. The van der Waals surface area contributed by atoms with E-state index in [1.165, 1.54) is 0 Å². The Morgan fingerprint density at radius 3 is 3.08 bits per heavy atom. The van der Waals surface area contributed by atoms with E-state index in [2.05, 4.69) is 38.1 Å². The van der Waals surface area contributed by atoms with Gasteiger partial charge in [0.2, 0.25) is 5.91 Å². The summed E-state index contributed by atoms with van der Waals surface area (Å²) in [6, 6.07) is 3.95. The van der Waals surface area contributed by atoms with Crippen LogP contribution in [0.4, 0.5) is 0 Å². The average molecular weight is 421 g/mol. The standard InChI is InChI=1S/C18H25BrN6O/c1-2-21-18(24-7-3-4-13(10-24)8-16(20)26)22-9-15-12-25-11-14(19)5-6-17(25)23-15/h5-6,11-13H,2-4,7-10H2,1H3,(H2,20,26)(H,21,22). The number of halogens is 1. The van der Waals surface area contributed by atoms with Gasteiger partial charge in [0.25, 0.3) is 0 Å². The van der Waals surface area contributed by atoms with Crippen LogP contribution in [0.2, 0.25) is 0 Å². The molecule has 1 atom stereocenters. The number of guanidine groups is 1. The molecule has 3 N–H and O–H groups in total. The Bertz CT molecular complexity index is 802. The topological polar surface area (TPSA) is 88.0 Å². The lowest BCUT2D eigenvalue weighted by Gasteiger charge is -2.34. The summed E-state index contributed by atoms with van der Waals surface area (Å²) in [6.45, 7) is 5.13. The zero-order valence-electron chi connectivity index (χ0n) is 15.0. The highest BCUT2D eigenvalue weighted by atomic mass is 79.9. The van der Waals surface area contributed by atoms with E-state index in [1.807, 2.05) is 28.9 Å². The number of aromatic nitrogens is 2. The molecule has 140 valence electrons. The molecule has 7 nitrogen and oxygen atoms in total. The normalized spacial score (nSPS) is 18.3. The fourth-order valence-corrected chi connectivity index (χ4v) is 3.74. The number of nitrogens with one attached hydrogen (secondary N) is 1. The lowest BCUT2D eigenvalue weighted by Crippen LogP contribution is -2.47. The lowest BCUT2D eigenvalue weighted by molar-refractivity contribution is -0.119. The SMILES string of the molecule is CCNC(=NCc1cn2cc(Br)ccc2n1)N1CCCC(CC(N)=O)C1. The van der Waals surface area contributed by atoms with Gasteiger partial charge in [-0.05, 0) is 53.7 Å². The second kappa shape index (κ2) is 8.53. The largest absolute Gasteiger partial charge is 0.370 e. The van der Waals surface area contributed by atoms with Crippen molar-refractivity contribution in [1.82, 2.24) is 19.6 Å². The molecule has 0 spiro atoms. The van der Waals surface area contributed by atoms with Gasteiger partial charge in [-0.3, -0.25) is 4.79 Å². The van der Waals surface area contributed by atoms with Gasteiger partial charge >= 0.3 is 0 Å². The van der Waals surface area contributed by atoms with Crippen molar-refractivity contribution in [2.45, 2.75) is 32.7 Å². The van der Waals surface area contributed by atoms with Crippen molar-refractivity contribution in [1.29, 1.82) is 0 Å². The molecule has 0 radical (unpaired) electrons. The number of hydrogen-bond acceptors (Lipinski definition) is 3. The van der Waals surface area contributed by atoms with Crippen LogP contribution in [-0.4, -0.2) is 45.8 Å². The van der Waals surface area contributed by atoms with Gasteiger partial charge in [-0.25, -0.2) is 9.98 Å². The monoisotopic (exact) mass is 420 g/mol. The molecule has 1 fully saturated rings. The molecule has 3 rings (SSSR count). The van der Waals surface area contributed by atoms with E-state index in [0.29, 0.717) is 18.9 Å². The highest BCUT2D eigenvalue weighted by Crippen LogP contribution is 2.19. The number of hydrogen-bond donors (Lipinski definition) is 2. The molecule has 1 aliphatic heterocycles. The number of likely N-dealkylation sites (tertiary alicyclic amines) is 1. The number of fused-ring (bicyclic) bond motifs is 1. The zero-order valence-corrected chi connectivity index (χ0v) is 16.6. The predicted molar refractivity (Wildman–Crippen MR) is 106 cm³/mol. The number of amides is 1. The van der Waals surface area contributed by atoms with Crippen molar-refractivity contribution in [3.8, 4) is 0 Å². The summed E-state index contributed by atoms with van der Waals surface area (Å²) in [5.74, 6) is 0.951. The minimum atomic E-state index is -0.227. The number of rotatable bonds is 5. The van der Waals surface area contributed by atoms with E-state index >= 15 is 0 Å². The Hall–Kier alpha value is -2.09. The molecule has 0 saturated carbocycles. The third-order valence-corrected chi connectivity index (χ3v) is 4.97. The Kier molecular flexibility index (Phi) is 6.13. The first kappa shape index (κ1) is 18.7. The first-order chi connectivity index (χ1) is 12.5. The second-order valence-electron chi connectivity index (χ2n) is 6.64. The number of carbonyl (C=O) groups excluding carboxylic acids is 1. The highest BCUT2D eigenvalue weighted by Gasteiger charge is 2.23. The minimum absolute atomic E-state index is 0.227. The summed E-state index contributed by atoms with van der Waals surface area (Å²) >= 11 is 3.47. The fraction of sp³-hybridized carbons (Fsp3) is 0.500. The maximum Gasteiger partial charge on any atom is 0.217 e. The van der Waals surface area contributed by atoms with Crippen molar-refractivity contribution in [2.24, 2.45) is 16.6 Å². The molecule has 0 aromatic carbocycles. The third kappa shape index (κ3) is 4.75. The van der Waals surface area contributed by atoms with Crippen molar-refractivity contribution in [3.63, 3.8) is 0 Å². The summed E-state index contributed by atoms with van der Waals surface area (Å²) in [6.07, 6.45) is 6.52. The maximum atomic E-state index is 11.2. The van der Waals surface area contributed by atoms with Gasteiger partial charge in [0.05, 0.1) is 12.2 Å². The predicted octanol–water partition coefficient (Wildman–Crippen LogP) is 2.15. The van der Waals surface area contributed by atoms with Crippen LogP contribution in [0.5, 0.6) is 0 Å². The maximum absolute atomic E-state index is 11.2. The molecule has 1 saturated heterocycles. The first-order valence-electron chi connectivity index (χ1n) is 9.00. The molecule has 2 aromatic rings. The number of piperidine rings is 1. The number of pyridine rings is 1. The van der Waals surface area contributed by atoms with Crippen LogP contribution in [0.15, 0.2) is 34.0 Å². The van der Waals surface area contributed by atoms with Crippen molar-refractivity contribution in [3.05, 3.63) is 34.7 Å². The van der Waals surface area contributed by atoms with E-state index < -0.39 is 0 Å². The summed E-state index contributed by atoms with van der Waals surface area (Å²) < 4.78 is 3.01. The van der Waals surface area contributed by atoms with E-state index in [1.54, 1.807) is 0 Å². The van der Waals surface area contributed by atoms with Crippen LogP contribution in [0.3, 0.4) is 0 Å². The molecule has 2 aromatic heterocycles. The Balaban J connectivity index is 1.72. The molecule has 1 unspecified atom stereocenters. The van der Waals surface area contributed by atoms with E-state index in [-0.39, 0.29) is 5.91 Å². The lowest BCUT2D eigenvalue weighted by atomic mass is 9.95. The fourth-order valence-electron chi connectivity index (χ4n) is 3.38. The van der Waals surface area contributed by atoms with Gasteiger partial charge in [-0.2, -0.15) is 0 Å². The molecule has 1 aliphatic rings. The molecule has 3 heterocycles. The van der Waals surface area contributed by atoms with E-state index in [4.69, 9.17) is 10.7 Å². The van der Waals surface area contributed by atoms with Gasteiger partial charge in [-0.1, -0.05) is 0 Å². The summed E-state index contributed by atoms with van der Waals surface area (Å²) in [5, 5.41) is 3.36. The van der Waals surface area contributed by atoms with Crippen LogP contribution < -0.4 is 11.1 Å². The molecule has 1 amide bonds. The van der Waals surface area contributed by atoms with Gasteiger partial charge in [0.1, 0.15) is 5.65 Å². The second-order valence-corrected chi connectivity index (χ2v) is 7.56. The average Bonchev–Trinajstić information content (AvgIpc) is 3.00. The van der Waals surface area contributed by atoms with Crippen LogP contribution in [0.1, 0.15) is 31.9 Å². The van der Waals surface area contributed by atoms with Gasteiger partial charge < -0.3 is 20.4 Å². The summed E-state index contributed by atoms with van der Waals surface area (Å²) in [5.41, 5.74) is 7.19. The summed E-state index contributed by atoms with van der Waals surface area (Å²) in [4.78, 5) is 22.8. The van der Waals surface area contributed by atoms with Crippen molar-refractivity contribution >= 4 is 33.4 Å². The van der Waals surface area contributed by atoms with Crippen LogP contribution in [0, 0.1) is 5.92 Å². The third-order valence-electron chi connectivity index (χ3n) is 4.50. The van der Waals surface area contributed by atoms with Gasteiger partial charge in [0.15, 0.2) is 5.96 Å². The van der Waals surface area contributed by atoms with E-state index in [9.17, 15) is 4.79 Å². The van der Waals surface area contributed by atoms with Crippen molar-refractivity contribution in [2.75, 3.05) is 19.6 Å². The van der Waals surface area contributed by atoms with Gasteiger partial charge in [0, 0.05) is 42.9 Å². The molecular weight excluding hydrogens is 396 g/mol. The number of nitrogens with zero attached hydrogens (tertiary/aromatic N) is 4. The van der Waals surface area contributed by atoms with Crippen LogP contribution >= 0.6 is 15.9 Å². The molecule has 0 bridgehead atoms. The van der Waals surface area contributed by atoms with Crippen LogP contribution in [-0.2, 0) is 11.3 Å². The molecule has 0 aliphatic carbocycles. The van der Waals surface area contributed by atoms with Crippen molar-refractivity contribution < 1.29 is 4.79 Å². The Morgan fingerprint density at radius 1 is 1.46 bits per heavy atom. The molecule has 8 heteroatoms. The van der Waals surface area contributed by atoms with E-state index in [0.717, 1.165) is 54.2 Å². The highest BCUT2D eigenvalue weighted by molar-refractivity contribution is 9.10. The summed E-state index contributed by atoms with van der Waals surface area (Å²) in [7, 11) is 0. The first-order valence-corrected chi connectivity index (χ1v) is 9.79. The number of carbonyl (C=O) groups is 1. The number of nitrogens with two attached hydrogens (primary N) is 1. The number of imidazole rings is 1. The smallest absolute Gasteiger partial charge is 0.217 e. The quantitative estimate of drug-likeness (QED) is 0.572. The van der Waals surface area contributed by atoms with Gasteiger partial charge in [-0.15, -0.1) is 0 Å². The number of primary amides is 1. The number of aliphatic imine (C=N–C) groups is 1. The zero-order chi connectivity index (χ0) is 18.5.